The van der Waals surface area contributed by atoms with Crippen LogP contribution < -0.4 is 5.73 Å². The van der Waals surface area contributed by atoms with Crippen LogP contribution in [0, 0.1) is 5.82 Å². The summed E-state index contributed by atoms with van der Waals surface area (Å²) in [5.74, 6) is -1.01. The molecule has 0 aliphatic carbocycles. The second-order valence-electron chi connectivity index (χ2n) is 2.81. The van der Waals surface area contributed by atoms with Gasteiger partial charge in [-0.25, -0.2) is 4.39 Å². The summed E-state index contributed by atoms with van der Waals surface area (Å²) in [6, 6.07) is 3.98. The Morgan fingerprint density at radius 2 is 2.31 bits per heavy atom. The Morgan fingerprint density at radius 3 is 2.92 bits per heavy atom. The molecule has 0 radical (unpaired) electrons. The molecule has 0 spiro atoms. The van der Waals surface area contributed by atoms with Gasteiger partial charge in [-0.3, -0.25) is 0 Å². The first-order valence-corrected chi connectivity index (χ1v) is 4.00. The molecular weight excluding hydrogens is 169 g/mol. The Hall–Kier alpha value is -1.35. The quantitative estimate of drug-likeness (QED) is 0.701. The number of phenolic OH excluding ortho intramolecular Hbond substituents is 1. The zero-order valence-electron chi connectivity index (χ0n) is 7.20. The van der Waals surface area contributed by atoms with Crippen LogP contribution >= 0.6 is 0 Å². The maximum Gasteiger partial charge on any atom is 0.169 e. The predicted molar refractivity (Wildman–Crippen MR) is 49.8 cm³/mol. The van der Waals surface area contributed by atoms with Crippen molar-refractivity contribution in [2.45, 2.75) is 12.5 Å². The monoisotopic (exact) mass is 181 g/mol. The highest BCUT2D eigenvalue weighted by Crippen LogP contribution is 2.24. The Morgan fingerprint density at radius 1 is 1.62 bits per heavy atom. The van der Waals surface area contributed by atoms with Crippen molar-refractivity contribution >= 4 is 0 Å². The van der Waals surface area contributed by atoms with Crippen LogP contribution in [0.5, 0.6) is 5.75 Å². The van der Waals surface area contributed by atoms with Gasteiger partial charge in [0.2, 0.25) is 0 Å². The van der Waals surface area contributed by atoms with Crippen molar-refractivity contribution in [2.75, 3.05) is 0 Å². The molecule has 1 aromatic carbocycles. The fourth-order valence-corrected chi connectivity index (χ4v) is 1.13. The molecule has 0 heterocycles. The smallest absolute Gasteiger partial charge is 0.169 e. The maximum atomic E-state index is 13.2. The lowest BCUT2D eigenvalue weighted by Crippen LogP contribution is -2.10. The van der Waals surface area contributed by atoms with Crippen molar-refractivity contribution in [1.29, 1.82) is 0 Å². The van der Waals surface area contributed by atoms with Crippen LogP contribution in [0.1, 0.15) is 18.0 Å². The summed E-state index contributed by atoms with van der Waals surface area (Å²) in [6.07, 6.45) is 2.11. The second kappa shape index (κ2) is 4.05. The van der Waals surface area contributed by atoms with E-state index in [0.717, 1.165) is 0 Å². The normalized spacial score (nSPS) is 12.5. The van der Waals surface area contributed by atoms with Crippen LogP contribution in [0.15, 0.2) is 30.9 Å². The van der Waals surface area contributed by atoms with Gasteiger partial charge >= 0.3 is 0 Å². The van der Waals surface area contributed by atoms with Gasteiger partial charge in [0.15, 0.2) is 11.6 Å². The Bertz CT molecular complexity index is 312. The largest absolute Gasteiger partial charge is 0.505 e. The molecule has 0 amide bonds. The minimum Gasteiger partial charge on any atom is -0.505 e. The van der Waals surface area contributed by atoms with E-state index in [-0.39, 0.29) is 5.75 Å². The van der Waals surface area contributed by atoms with Crippen molar-refractivity contribution in [1.82, 2.24) is 0 Å². The van der Waals surface area contributed by atoms with E-state index in [1.54, 1.807) is 18.2 Å². The molecule has 3 heteroatoms. The topological polar surface area (TPSA) is 46.2 Å². The van der Waals surface area contributed by atoms with Crippen molar-refractivity contribution in [3.05, 3.63) is 42.2 Å². The number of phenols is 1. The Kier molecular flexibility index (Phi) is 3.03. The van der Waals surface area contributed by atoms with E-state index < -0.39 is 11.9 Å². The van der Waals surface area contributed by atoms with Crippen molar-refractivity contribution < 1.29 is 9.50 Å². The molecule has 0 aromatic heterocycles. The molecule has 1 atom stereocenters. The first-order chi connectivity index (χ1) is 6.16. The zero-order chi connectivity index (χ0) is 9.84. The SMILES string of the molecule is C=CCC(N)c1cccc(O)c1F. The van der Waals surface area contributed by atoms with E-state index in [4.69, 9.17) is 10.8 Å². The number of nitrogens with two attached hydrogens (primary N) is 1. The van der Waals surface area contributed by atoms with E-state index in [0.29, 0.717) is 12.0 Å². The van der Waals surface area contributed by atoms with Gasteiger partial charge in [-0.1, -0.05) is 18.2 Å². The minimum absolute atomic E-state index is 0.319. The molecule has 1 unspecified atom stereocenters. The van der Waals surface area contributed by atoms with E-state index >= 15 is 0 Å². The van der Waals surface area contributed by atoms with Gasteiger partial charge in [0, 0.05) is 11.6 Å². The number of halogens is 1. The number of rotatable bonds is 3. The lowest BCUT2D eigenvalue weighted by Gasteiger charge is -2.10. The van der Waals surface area contributed by atoms with Crippen LogP contribution in [0.4, 0.5) is 4.39 Å². The number of aromatic hydroxyl groups is 1. The highest BCUT2D eigenvalue weighted by Gasteiger charge is 2.12. The van der Waals surface area contributed by atoms with Gasteiger partial charge in [-0.05, 0) is 12.5 Å². The molecule has 0 saturated heterocycles. The lowest BCUT2D eigenvalue weighted by atomic mass is 10.0. The standard InChI is InChI=1S/C10H12FNO/c1-2-4-8(12)7-5-3-6-9(13)10(7)11/h2-3,5-6,8,13H,1,4,12H2. The zero-order valence-corrected chi connectivity index (χ0v) is 7.20. The molecule has 70 valence electrons. The predicted octanol–water partition coefficient (Wildman–Crippen LogP) is 2.11. The van der Waals surface area contributed by atoms with Gasteiger partial charge in [0.1, 0.15) is 0 Å². The van der Waals surface area contributed by atoms with Gasteiger partial charge in [-0.15, -0.1) is 6.58 Å². The van der Waals surface area contributed by atoms with E-state index in [1.165, 1.54) is 6.07 Å². The summed E-state index contributed by atoms with van der Waals surface area (Å²) in [5.41, 5.74) is 5.97. The van der Waals surface area contributed by atoms with Crippen molar-refractivity contribution in [3.63, 3.8) is 0 Å². The first-order valence-electron chi connectivity index (χ1n) is 4.00. The average Bonchev–Trinajstić information content (AvgIpc) is 2.10. The van der Waals surface area contributed by atoms with Crippen molar-refractivity contribution in [3.8, 4) is 5.75 Å². The molecule has 0 fully saturated rings. The van der Waals surface area contributed by atoms with Crippen LogP contribution in [0.3, 0.4) is 0 Å². The molecule has 0 bridgehead atoms. The van der Waals surface area contributed by atoms with Crippen LogP contribution in [0.25, 0.3) is 0 Å². The summed E-state index contributed by atoms with van der Waals surface area (Å²) < 4.78 is 13.2. The molecule has 0 aliphatic rings. The fourth-order valence-electron chi connectivity index (χ4n) is 1.13. The molecular formula is C10H12FNO. The van der Waals surface area contributed by atoms with Gasteiger partial charge in [-0.2, -0.15) is 0 Å². The highest BCUT2D eigenvalue weighted by atomic mass is 19.1. The third-order valence-corrected chi connectivity index (χ3v) is 1.83. The second-order valence-corrected chi connectivity index (χ2v) is 2.81. The number of hydrogen-bond acceptors (Lipinski definition) is 2. The third-order valence-electron chi connectivity index (χ3n) is 1.83. The van der Waals surface area contributed by atoms with Crippen LogP contribution in [-0.4, -0.2) is 5.11 Å². The number of benzene rings is 1. The molecule has 1 rings (SSSR count). The molecule has 13 heavy (non-hydrogen) atoms. The summed E-state index contributed by atoms with van der Waals surface area (Å²) in [7, 11) is 0. The fraction of sp³-hybridized carbons (Fsp3) is 0.200. The third kappa shape index (κ3) is 2.06. The van der Waals surface area contributed by atoms with Crippen LogP contribution in [0.2, 0.25) is 0 Å². The Labute approximate surface area is 76.5 Å². The molecule has 0 aliphatic heterocycles. The van der Waals surface area contributed by atoms with E-state index in [2.05, 4.69) is 6.58 Å². The molecule has 3 N–H and O–H groups in total. The van der Waals surface area contributed by atoms with Gasteiger partial charge < -0.3 is 10.8 Å². The van der Waals surface area contributed by atoms with E-state index in [9.17, 15) is 4.39 Å². The van der Waals surface area contributed by atoms with Gasteiger partial charge in [0.05, 0.1) is 0 Å². The van der Waals surface area contributed by atoms with E-state index in [1.807, 2.05) is 0 Å². The summed E-state index contributed by atoms with van der Waals surface area (Å²) in [6.45, 7) is 3.51. The summed E-state index contributed by atoms with van der Waals surface area (Å²) in [5, 5.41) is 9.06. The van der Waals surface area contributed by atoms with Crippen molar-refractivity contribution in [2.24, 2.45) is 5.73 Å². The summed E-state index contributed by atoms with van der Waals surface area (Å²) >= 11 is 0. The summed E-state index contributed by atoms with van der Waals surface area (Å²) in [4.78, 5) is 0. The maximum absolute atomic E-state index is 13.2. The average molecular weight is 181 g/mol. The first kappa shape index (κ1) is 9.74. The number of hydrogen-bond donors (Lipinski definition) is 2. The molecule has 2 nitrogen and oxygen atoms in total. The molecule has 0 saturated carbocycles. The highest BCUT2D eigenvalue weighted by molar-refractivity contribution is 5.31. The lowest BCUT2D eigenvalue weighted by molar-refractivity contribution is 0.425. The minimum atomic E-state index is -0.642. The molecule has 1 aromatic rings. The Balaban J connectivity index is 3.00. The van der Waals surface area contributed by atoms with Gasteiger partial charge in [0.25, 0.3) is 0 Å². The van der Waals surface area contributed by atoms with Crippen LogP contribution in [-0.2, 0) is 0 Å².